The van der Waals surface area contributed by atoms with E-state index in [0.29, 0.717) is 24.7 Å². The Morgan fingerprint density at radius 2 is 2.25 bits per heavy atom. The van der Waals surface area contributed by atoms with Crippen molar-refractivity contribution in [2.75, 3.05) is 19.9 Å². The summed E-state index contributed by atoms with van der Waals surface area (Å²) < 4.78 is 10.4. The number of fused-ring (bicyclic) bond motifs is 1. The van der Waals surface area contributed by atoms with E-state index in [-0.39, 0.29) is 6.79 Å². The van der Waals surface area contributed by atoms with Crippen LogP contribution >= 0.6 is 0 Å². The number of aliphatic hydroxyl groups excluding tert-OH is 1. The molecule has 1 aliphatic heterocycles. The van der Waals surface area contributed by atoms with Gasteiger partial charge in [0.1, 0.15) is 0 Å². The minimum absolute atomic E-state index is 0.242. The van der Waals surface area contributed by atoms with Crippen LogP contribution in [-0.4, -0.2) is 25.1 Å². The Kier molecular flexibility index (Phi) is 3.61. The molecular formula is C11H15NO4. The minimum Gasteiger partial charge on any atom is -0.454 e. The van der Waals surface area contributed by atoms with E-state index < -0.39 is 6.10 Å². The van der Waals surface area contributed by atoms with Crippen LogP contribution in [0.4, 0.5) is 0 Å². The number of rotatable bonds is 5. The lowest BCUT2D eigenvalue weighted by molar-refractivity contribution is 0.0208. The second-order valence-electron chi connectivity index (χ2n) is 3.41. The van der Waals surface area contributed by atoms with Crippen molar-refractivity contribution < 1.29 is 19.4 Å². The van der Waals surface area contributed by atoms with Crippen LogP contribution in [0.15, 0.2) is 18.2 Å². The summed E-state index contributed by atoms with van der Waals surface area (Å²) in [6.07, 6.45) is -0.624. The Hall–Kier alpha value is -1.30. The van der Waals surface area contributed by atoms with Gasteiger partial charge in [0.25, 0.3) is 0 Å². The predicted octanol–water partition coefficient (Wildman–Crippen LogP) is 0.990. The summed E-state index contributed by atoms with van der Waals surface area (Å²) in [6.45, 7) is 3.02. The molecule has 0 spiro atoms. The summed E-state index contributed by atoms with van der Waals surface area (Å²) in [7, 11) is 0. The Labute approximate surface area is 93.9 Å². The molecule has 5 nitrogen and oxygen atoms in total. The highest BCUT2D eigenvalue weighted by Crippen LogP contribution is 2.33. The lowest BCUT2D eigenvalue weighted by Gasteiger charge is -2.12. The number of nitrogens with one attached hydrogen (secondary N) is 1. The highest BCUT2D eigenvalue weighted by Gasteiger charge is 2.16. The summed E-state index contributed by atoms with van der Waals surface area (Å²) in [6, 6.07) is 5.38. The molecule has 0 aliphatic carbocycles. The zero-order valence-electron chi connectivity index (χ0n) is 9.10. The summed E-state index contributed by atoms with van der Waals surface area (Å²) >= 11 is 0. The largest absolute Gasteiger partial charge is 0.454 e. The molecule has 16 heavy (non-hydrogen) atoms. The first kappa shape index (κ1) is 11.2. The molecule has 5 heteroatoms. The van der Waals surface area contributed by atoms with E-state index in [1.54, 1.807) is 12.1 Å². The van der Waals surface area contributed by atoms with Gasteiger partial charge in [-0.15, -0.1) is 0 Å². The van der Waals surface area contributed by atoms with Crippen molar-refractivity contribution in [2.45, 2.75) is 13.0 Å². The SMILES string of the molecule is CCONCC(O)c1ccc2c(c1)OCO2. The van der Waals surface area contributed by atoms with Crippen LogP contribution in [0, 0.1) is 0 Å². The summed E-state index contributed by atoms with van der Waals surface area (Å²) in [4.78, 5) is 4.95. The zero-order valence-corrected chi connectivity index (χ0v) is 9.10. The van der Waals surface area contributed by atoms with Crippen molar-refractivity contribution in [1.29, 1.82) is 0 Å². The maximum Gasteiger partial charge on any atom is 0.231 e. The van der Waals surface area contributed by atoms with E-state index in [0.717, 1.165) is 5.56 Å². The van der Waals surface area contributed by atoms with Gasteiger partial charge in [0.2, 0.25) is 6.79 Å². The van der Waals surface area contributed by atoms with Crippen molar-refractivity contribution in [2.24, 2.45) is 0 Å². The van der Waals surface area contributed by atoms with E-state index >= 15 is 0 Å². The van der Waals surface area contributed by atoms with Gasteiger partial charge >= 0.3 is 0 Å². The van der Waals surface area contributed by atoms with E-state index in [1.165, 1.54) is 0 Å². The molecule has 1 aliphatic rings. The Morgan fingerprint density at radius 1 is 1.44 bits per heavy atom. The molecule has 1 aromatic carbocycles. The second kappa shape index (κ2) is 5.16. The topological polar surface area (TPSA) is 60.0 Å². The van der Waals surface area contributed by atoms with Crippen molar-refractivity contribution in [3.05, 3.63) is 23.8 Å². The average molecular weight is 225 g/mol. The maximum atomic E-state index is 9.84. The number of hydrogen-bond acceptors (Lipinski definition) is 5. The van der Waals surface area contributed by atoms with Crippen molar-refractivity contribution in [3.63, 3.8) is 0 Å². The number of benzene rings is 1. The monoisotopic (exact) mass is 225 g/mol. The number of aliphatic hydroxyl groups is 1. The van der Waals surface area contributed by atoms with Gasteiger partial charge in [-0.3, -0.25) is 0 Å². The van der Waals surface area contributed by atoms with Gasteiger partial charge in [0.15, 0.2) is 11.5 Å². The van der Waals surface area contributed by atoms with Gasteiger partial charge < -0.3 is 19.4 Å². The molecule has 2 rings (SSSR count). The fraction of sp³-hybridized carbons (Fsp3) is 0.455. The minimum atomic E-state index is -0.624. The van der Waals surface area contributed by atoms with Crippen LogP contribution in [0.3, 0.4) is 0 Å². The molecule has 2 N–H and O–H groups in total. The third-order valence-electron chi connectivity index (χ3n) is 2.30. The van der Waals surface area contributed by atoms with Gasteiger partial charge in [-0.05, 0) is 24.6 Å². The highest BCUT2D eigenvalue weighted by atomic mass is 16.7. The van der Waals surface area contributed by atoms with Crippen LogP contribution in [0.5, 0.6) is 11.5 Å². The van der Waals surface area contributed by atoms with Crippen LogP contribution in [0.1, 0.15) is 18.6 Å². The molecule has 0 fully saturated rings. The molecule has 0 bridgehead atoms. The lowest BCUT2D eigenvalue weighted by Crippen LogP contribution is -2.21. The average Bonchev–Trinajstić information content (AvgIpc) is 2.76. The zero-order chi connectivity index (χ0) is 11.4. The van der Waals surface area contributed by atoms with Crippen LogP contribution in [0.25, 0.3) is 0 Å². The Bertz CT molecular complexity index is 356. The predicted molar refractivity (Wildman–Crippen MR) is 57.2 cm³/mol. The standard InChI is InChI=1S/C11H15NO4/c1-2-16-12-6-9(13)8-3-4-10-11(5-8)15-7-14-10/h3-5,9,12-13H,2,6-7H2,1H3. The molecule has 0 amide bonds. The van der Waals surface area contributed by atoms with Gasteiger partial charge in [0.05, 0.1) is 19.3 Å². The third-order valence-corrected chi connectivity index (χ3v) is 2.30. The van der Waals surface area contributed by atoms with Gasteiger partial charge in [-0.1, -0.05) is 6.07 Å². The smallest absolute Gasteiger partial charge is 0.231 e. The van der Waals surface area contributed by atoms with E-state index in [2.05, 4.69) is 5.48 Å². The molecule has 0 saturated heterocycles. The van der Waals surface area contributed by atoms with E-state index in [1.807, 2.05) is 13.0 Å². The first-order valence-electron chi connectivity index (χ1n) is 5.23. The number of ether oxygens (including phenoxy) is 2. The second-order valence-corrected chi connectivity index (χ2v) is 3.41. The van der Waals surface area contributed by atoms with Crippen molar-refractivity contribution in [1.82, 2.24) is 5.48 Å². The van der Waals surface area contributed by atoms with Gasteiger partial charge in [0, 0.05) is 0 Å². The molecule has 1 aromatic rings. The Balaban J connectivity index is 1.98. The molecule has 1 unspecified atom stereocenters. The first-order chi connectivity index (χ1) is 7.81. The molecule has 0 radical (unpaired) electrons. The van der Waals surface area contributed by atoms with E-state index in [9.17, 15) is 5.11 Å². The quantitative estimate of drug-likeness (QED) is 0.578. The number of hydrogen-bond donors (Lipinski definition) is 2. The van der Waals surface area contributed by atoms with E-state index in [4.69, 9.17) is 14.3 Å². The number of hydroxylamine groups is 1. The van der Waals surface area contributed by atoms with Crippen molar-refractivity contribution in [3.8, 4) is 11.5 Å². The first-order valence-corrected chi connectivity index (χ1v) is 5.23. The Morgan fingerprint density at radius 3 is 3.06 bits per heavy atom. The molecule has 1 heterocycles. The van der Waals surface area contributed by atoms with Crippen molar-refractivity contribution >= 4 is 0 Å². The lowest BCUT2D eigenvalue weighted by atomic mass is 10.1. The molecular weight excluding hydrogens is 210 g/mol. The molecule has 1 atom stereocenters. The fourth-order valence-electron chi connectivity index (χ4n) is 1.48. The van der Waals surface area contributed by atoms with Crippen LogP contribution in [0.2, 0.25) is 0 Å². The molecule has 0 saturated carbocycles. The maximum absolute atomic E-state index is 9.84. The normalized spacial score (nSPS) is 15.1. The summed E-state index contributed by atoms with van der Waals surface area (Å²) in [5.74, 6) is 1.39. The molecule has 0 aromatic heterocycles. The summed E-state index contributed by atoms with van der Waals surface area (Å²) in [5.41, 5.74) is 3.45. The van der Waals surface area contributed by atoms with Crippen LogP contribution < -0.4 is 15.0 Å². The third kappa shape index (κ3) is 2.44. The summed E-state index contributed by atoms with van der Waals surface area (Å²) in [5, 5.41) is 9.84. The van der Waals surface area contributed by atoms with Crippen LogP contribution in [-0.2, 0) is 4.84 Å². The van der Waals surface area contributed by atoms with Gasteiger partial charge in [-0.2, -0.15) is 5.48 Å². The highest BCUT2D eigenvalue weighted by molar-refractivity contribution is 5.45. The van der Waals surface area contributed by atoms with Gasteiger partial charge in [-0.25, -0.2) is 0 Å². The molecule has 88 valence electrons. The fourth-order valence-corrected chi connectivity index (χ4v) is 1.48.